The maximum atomic E-state index is 13.9. The van der Waals surface area contributed by atoms with E-state index in [-0.39, 0.29) is 68.0 Å². The van der Waals surface area contributed by atoms with E-state index in [9.17, 15) is 38.4 Å². The third-order valence-corrected chi connectivity index (χ3v) is 11.5. The molecule has 0 radical (unpaired) electrons. The lowest BCUT2D eigenvalue weighted by atomic mass is 10.0. The van der Waals surface area contributed by atoms with Gasteiger partial charge in [-0.25, -0.2) is 19.6 Å². The van der Waals surface area contributed by atoms with Gasteiger partial charge in [0.15, 0.2) is 11.4 Å². The first kappa shape index (κ1) is 57.3. The molecule has 20 nitrogen and oxygen atoms in total. The number of ether oxygens (including phenoxy) is 2. The van der Waals surface area contributed by atoms with Crippen LogP contribution in [0.15, 0.2) is 134 Å². The molecule has 2 aromatic heterocycles. The van der Waals surface area contributed by atoms with E-state index in [0.29, 0.717) is 0 Å². The Morgan fingerprint density at radius 3 is 1.01 bits per heavy atom. The maximum Gasteiger partial charge on any atom is 0.329 e. The van der Waals surface area contributed by atoms with E-state index in [4.69, 9.17) is 9.47 Å². The van der Waals surface area contributed by atoms with Gasteiger partial charge in [0, 0.05) is 38.8 Å². The lowest BCUT2D eigenvalue weighted by Crippen LogP contribution is -2.50. The van der Waals surface area contributed by atoms with Crippen LogP contribution in [0.3, 0.4) is 0 Å². The van der Waals surface area contributed by atoms with Gasteiger partial charge in [-0.15, -0.1) is 0 Å². The fourth-order valence-electron chi connectivity index (χ4n) is 7.90. The molecule has 6 amide bonds. The number of imidazole rings is 2. The summed E-state index contributed by atoms with van der Waals surface area (Å²) in [6, 6.07) is 31.5. The van der Waals surface area contributed by atoms with Crippen molar-refractivity contribution in [2.24, 2.45) is 0 Å². The molecule has 0 aliphatic carbocycles. The molecule has 0 bridgehead atoms. The van der Waals surface area contributed by atoms with Crippen LogP contribution < -0.4 is 31.9 Å². The second kappa shape index (κ2) is 27.0. The second-order valence-electron chi connectivity index (χ2n) is 20.1. The first-order chi connectivity index (χ1) is 36.7. The summed E-state index contributed by atoms with van der Waals surface area (Å²) in [5.74, 6) is -5.73. The van der Waals surface area contributed by atoms with Crippen molar-refractivity contribution >= 4 is 47.4 Å². The van der Waals surface area contributed by atoms with E-state index in [1.807, 2.05) is 24.3 Å². The van der Waals surface area contributed by atoms with Crippen LogP contribution >= 0.6 is 0 Å². The Morgan fingerprint density at radius 2 is 0.714 bits per heavy atom. The molecule has 6 rings (SSSR count). The molecule has 0 fully saturated rings. The van der Waals surface area contributed by atoms with Gasteiger partial charge in [0.2, 0.25) is 11.8 Å². The maximum absolute atomic E-state index is 13.9. The number of amides is 6. The summed E-state index contributed by atoms with van der Waals surface area (Å²) in [6.45, 7) is 10.4. The zero-order valence-corrected chi connectivity index (χ0v) is 43.9. The van der Waals surface area contributed by atoms with E-state index >= 15 is 0 Å². The molecule has 8 N–H and O–H groups in total. The SMILES string of the molecule is CC(C)(C)OC(=O)[C@H](Cc1ccccc1)NC(=O)c1nc[nH]c1C(=O)N[C@H](Cc1ccccc1)C(=O)NCCCNC(=O)[C@@H](Cc1ccccc1)NC(=O)c1[nH]cnc1C(=O)N[C@@H](Cc1ccccc1)C(=O)OC(C)(C)C. The monoisotopic (exact) mass is 1050 g/mol. The third-order valence-electron chi connectivity index (χ3n) is 11.5. The van der Waals surface area contributed by atoms with Gasteiger partial charge in [-0.3, -0.25) is 28.8 Å². The van der Waals surface area contributed by atoms with Crippen LogP contribution in [0.1, 0.15) is 112 Å². The topological polar surface area (TPSA) is 285 Å². The smallest absolute Gasteiger partial charge is 0.329 e. The predicted molar refractivity (Wildman–Crippen MR) is 285 cm³/mol. The molecule has 4 aromatic carbocycles. The van der Waals surface area contributed by atoms with Crippen molar-refractivity contribution in [1.82, 2.24) is 51.8 Å². The Bertz CT molecular complexity index is 2750. The Kier molecular flexibility index (Phi) is 20.1. The second-order valence-corrected chi connectivity index (χ2v) is 20.1. The summed E-state index contributed by atoms with van der Waals surface area (Å²) in [4.78, 5) is 123. The summed E-state index contributed by atoms with van der Waals surface area (Å²) < 4.78 is 11.2. The number of aromatic nitrogens is 4. The Hall–Kier alpha value is -8.94. The fraction of sp³-hybridized carbons (Fsp3) is 0.333. The Morgan fingerprint density at radius 1 is 0.429 bits per heavy atom. The molecular formula is C57H66N10O10. The number of hydrogen-bond donors (Lipinski definition) is 8. The van der Waals surface area contributed by atoms with Gasteiger partial charge < -0.3 is 51.3 Å². The molecule has 0 saturated heterocycles. The van der Waals surface area contributed by atoms with Crippen LogP contribution in [0.25, 0.3) is 0 Å². The number of hydrogen-bond acceptors (Lipinski definition) is 12. The highest BCUT2D eigenvalue weighted by molar-refractivity contribution is 6.07. The summed E-state index contributed by atoms with van der Waals surface area (Å²) in [7, 11) is 0. The summed E-state index contributed by atoms with van der Waals surface area (Å²) in [5.41, 5.74) is 0.182. The van der Waals surface area contributed by atoms with Gasteiger partial charge >= 0.3 is 11.9 Å². The van der Waals surface area contributed by atoms with Crippen molar-refractivity contribution in [3.05, 3.63) is 179 Å². The van der Waals surface area contributed by atoms with Crippen molar-refractivity contribution in [2.45, 2.75) is 109 Å². The minimum absolute atomic E-state index is 0.0579. The molecule has 404 valence electrons. The van der Waals surface area contributed by atoms with E-state index in [2.05, 4.69) is 51.8 Å². The zero-order chi connectivity index (χ0) is 55.5. The van der Waals surface area contributed by atoms with Crippen LogP contribution in [0, 0.1) is 0 Å². The summed E-state index contributed by atoms with van der Waals surface area (Å²) in [5, 5.41) is 16.4. The number of esters is 2. The molecular weight excluding hydrogens is 985 g/mol. The first-order valence-corrected chi connectivity index (χ1v) is 25.2. The molecule has 2 heterocycles. The van der Waals surface area contributed by atoms with Crippen LogP contribution in [0.4, 0.5) is 0 Å². The minimum Gasteiger partial charge on any atom is -0.458 e. The molecule has 77 heavy (non-hydrogen) atoms. The zero-order valence-electron chi connectivity index (χ0n) is 43.9. The number of carbonyl (C=O) groups is 8. The number of rotatable bonds is 24. The van der Waals surface area contributed by atoms with Crippen LogP contribution in [0.5, 0.6) is 0 Å². The lowest BCUT2D eigenvalue weighted by Gasteiger charge is -2.24. The molecule has 20 heteroatoms. The predicted octanol–water partition coefficient (Wildman–Crippen LogP) is 4.50. The van der Waals surface area contributed by atoms with Crippen LogP contribution in [-0.2, 0) is 54.3 Å². The van der Waals surface area contributed by atoms with Crippen molar-refractivity contribution in [3.63, 3.8) is 0 Å². The first-order valence-electron chi connectivity index (χ1n) is 25.2. The summed E-state index contributed by atoms with van der Waals surface area (Å²) in [6.07, 6.45) is 2.90. The van der Waals surface area contributed by atoms with Crippen molar-refractivity contribution in [1.29, 1.82) is 0 Å². The van der Waals surface area contributed by atoms with Crippen molar-refractivity contribution in [3.8, 4) is 0 Å². The van der Waals surface area contributed by atoms with E-state index in [1.54, 1.807) is 139 Å². The summed E-state index contributed by atoms with van der Waals surface area (Å²) >= 11 is 0. The van der Waals surface area contributed by atoms with E-state index in [1.165, 1.54) is 0 Å². The quantitative estimate of drug-likeness (QED) is 0.0307. The highest BCUT2D eigenvalue weighted by atomic mass is 16.6. The number of carbonyl (C=O) groups excluding carboxylic acids is 8. The molecule has 0 saturated carbocycles. The number of H-pyrrole nitrogens is 2. The fourth-order valence-corrected chi connectivity index (χ4v) is 7.90. The molecule has 6 aromatic rings. The number of benzene rings is 4. The molecule has 0 unspecified atom stereocenters. The Balaban J connectivity index is 1.08. The van der Waals surface area contributed by atoms with Gasteiger partial charge in [0.25, 0.3) is 23.6 Å². The molecule has 4 atom stereocenters. The van der Waals surface area contributed by atoms with Gasteiger partial charge in [-0.2, -0.15) is 0 Å². The van der Waals surface area contributed by atoms with Gasteiger partial charge in [0.05, 0.1) is 12.7 Å². The Labute approximate surface area is 446 Å². The van der Waals surface area contributed by atoms with E-state index < -0.39 is 82.8 Å². The van der Waals surface area contributed by atoms with Gasteiger partial charge in [-0.1, -0.05) is 121 Å². The third kappa shape index (κ3) is 18.1. The average Bonchev–Trinajstić information content (AvgIpc) is 4.11. The highest BCUT2D eigenvalue weighted by Crippen LogP contribution is 2.16. The highest BCUT2D eigenvalue weighted by Gasteiger charge is 2.33. The normalized spacial score (nSPS) is 12.9. The van der Waals surface area contributed by atoms with Crippen LogP contribution in [0.2, 0.25) is 0 Å². The minimum atomic E-state index is -1.14. The number of nitrogens with zero attached hydrogens (tertiary/aromatic N) is 2. The van der Waals surface area contributed by atoms with Crippen molar-refractivity contribution in [2.75, 3.05) is 13.1 Å². The van der Waals surface area contributed by atoms with E-state index in [0.717, 1.165) is 34.9 Å². The largest absolute Gasteiger partial charge is 0.458 e. The van der Waals surface area contributed by atoms with Gasteiger partial charge in [0.1, 0.15) is 46.8 Å². The number of aromatic amines is 2. The van der Waals surface area contributed by atoms with Gasteiger partial charge in [-0.05, 0) is 70.2 Å². The standard InChI is InChI=1S/C57H66N10O10/c1-56(2,3)76-54(74)42(32-38-24-15-9-16-25-38)66-52(72)46-44(60-34-62-46)50(70)64-40(30-36-20-11-7-12-21-36)48(68)58-28-19-29-59-49(69)41(31-37-22-13-8-14-23-37)65-51(71)45-47(63-35-61-45)53(73)67-43(55(75)77-57(4,5)6)33-39-26-17-10-18-27-39/h7-18,20-27,34-35,40-43H,19,28-33H2,1-6H3,(H,58,68)(H,59,69)(H,60,62)(H,61,63)(H,64,70)(H,65,71)(H,66,72)(H,67,73)/t40-,41-,42+,43+/m1/s1. The number of nitrogens with one attached hydrogen (secondary N) is 8. The van der Waals surface area contributed by atoms with Crippen LogP contribution in [-0.4, -0.2) is 116 Å². The molecule has 0 aliphatic heterocycles. The average molecular weight is 1050 g/mol. The van der Waals surface area contributed by atoms with Crippen molar-refractivity contribution < 1.29 is 47.8 Å². The lowest BCUT2D eigenvalue weighted by molar-refractivity contribution is -0.158. The molecule has 0 spiro atoms. The molecule has 0 aliphatic rings.